The Balaban J connectivity index is 1.49. The fourth-order valence-electron chi connectivity index (χ4n) is 4.12. The molecule has 178 valence electrons. The van der Waals surface area contributed by atoms with Crippen LogP contribution in [0.2, 0.25) is 0 Å². The third-order valence-electron chi connectivity index (χ3n) is 6.08. The number of carbonyl (C=O) groups excluding carboxylic acids is 1. The van der Waals surface area contributed by atoms with Gasteiger partial charge >= 0.3 is 0 Å². The molecule has 2 aromatic rings. The molecule has 1 saturated heterocycles. The molecule has 1 fully saturated rings. The number of fused-ring (bicyclic) bond motifs is 1. The summed E-state index contributed by atoms with van der Waals surface area (Å²) in [5.74, 6) is 2.03. The van der Waals surface area contributed by atoms with Crippen molar-refractivity contribution in [2.45, 2.75) is 38.0 Å². The Bertz CT molecular complexity index is 944. The normalized spacial score (nSPS) is 18.3. The third-order valence-corrected chi connectivity index (χ3v) is 6.08. The van der Waals surface area contributed by atoms with Gasteiger partial charge < -0.3 is 34.3 Å². The highest BCUT2D eigenvalue weighted by molar-refractivity contribution is 5.81. The SMILES string of the molecule is COc1ccc(OC(C)C(=O)NC(O)(CCN2CCCC2)c2ccc3c(c2)OCCO3)cc1. The first-order valence-electron chi connectivity index (χ1n) is 11.4. The summed E-state index contributed by atoms with van der Waals surface area (Å²) in [4.78, 5) is 15.4. The number of hydrogen-bond acceptors (Lipinski definition) is 7. The van der Waals surface area contributed by atoms with Crippen LogP contribution in [0.3, 0.4) is 0 Å². The summed E-state index contributed by atoms with van der Waals surface area (Å²) < 4.78 is 22.2. The summed E-state index contributed by atoms with van der Waals surface area (Å²) in [6, 6.07) is 12.3. The first-order valence-corrected chi connectivity index (χ1v) is 11.4. The number of hydrogen-bond donors (Lipinski definition) is 2. The average Bonchev–Trinajstić information content (AvgIpc) is 3.37. The molecule has 8 heteroatoms. The van der Waals surface area contributed by atoms with E-state index in [2.05, 4.69) is 10.2 Å². The Labute approximate surface area is 194 Å². The van der Waals surface area contributed by atoms with Gasteiger partial charge in [0.2, 0.25) is 0 Å². The molecular formula is C25H32N2O6. The zero-order valence-electron chi connectivity index (χ0n) is 19.2. The molecule has 2 aliphatic rings. The maximum absolute atomic E-state index is 13.1. The van der Waals surface area contributed by atoms with Crippen LogP contribution in [0.15, 0.2) is 42.5 Å². The number of ether oxygens (including phenoxy) is 4. The number of aliphatic hydroxyl groups is 1. The molecule has 1 amide bonds. The van der Waals surface area contributed by atoms with Gasteiger partial charge in [0.15, 0.2) is 23.3 Å². The summed E-state index contributed by atoms with van der Waals surface area (Å²) in [5, 5.41) is 14.5. The van der Waals surface area contributed by atoms with Crippen molar-refractivity contribution < 1.29 is 28.8 Å². The summed E-state index contributed by atoms with van der Waals surface area (Å²) in [6.07, 6.45) is 1.84. The summed E-state index contributed by atoms with van der Waals surface area (Å²) in [5.41, 5.74) is -1.02. The third kappa shape index (κ3) is 5.69. The Kier molecular flexibility index (Phi) is 7.25. The minimum atomic E-state index is -1.58. The minimum absolute atomic E-state index is 0.341. The van der Waals surface area contributed by atoms with Crippen LogP contribution in [0.25, 0.3) is 0 Å². The first kappa shape index (κ1) is 23.2. The number of methoxy groups -OCH3 is 1. The van der Waals surface area contributed by atoms with E-state index < -0.39 is 17.7 Å². The zero-order chi connectivity index (χ0) is 23.3. The van der Waals surface area contributed by atoms with Crippen molar-refractivity contribution >= 4 is 5.91 Å². The van der Waals surface area contributed by atoms with Crippen molar-refractivity contribution in [1.29, 1.82) is 0 Å². The quantitative estimate of drug-likeness (QED) is 0.561. The highest BCUT2D eigenvalue weighted by atomic mass is 16.6. The van der Waals surface area contributed by atoms with E-state index in [4.69, 9.17) is 18.9 Å². The molecular weight excluding hydrogens is 424 g/mol. The fraction of sp³-hybridized carbons (Fsp3) is 0.480. The molecule has 2 heterocycles. The molecule has 0 radical (unpaired) electrons. The van der Waals surface area contributed by atoms with E-state index in [-0.39, 0.29) is 0 Å². The van der Waals surface area contributed by atoms with Crippen LogP contribution in [0.5, 0.6) is 23.0 Å². The molecule has 0 bridgehead atoms. The molecule has 2 aliphatic heterocycles. The van der Waals surface area contributed by atoms with Gasteiger partial charge in [0.1, 0.15) is 24.7 Å². The number of nitrogens with zero attached hydrogens (tertiary/aromatic N) is 1. The summed E-state index contributed by atoms with van der Waals surface area (Å²) in [6.45, 7) is 5.26. The molecule has 0 spiro atoms. The van der Waals surface area contributed by atoms with Crippen molar-refractivity contribution in [1.82, 2.24) is 10.2 Å². The van der Waals surface area contributed by atoms with Gasteiger partial charge in [0.05, 0.1) is 7.11 Å². The van der Waals surface area contributed by atoms with Crippen LogP contribution >= 0.6 is 0 Å². The second kappa shape index (κ2) is 10.3. The predicted molar refractivity (Wildman–Crippen MR) is 123 cm³/mol. The van der Waals surface area contributed by atoms with Gasteiger partial charge in [-0.1, -0.05) is 6.07 Å². The molecule has 0 aliphatic carbocycles. The largest absolute Gasteiger partial charge is 0.497 e. The molecule has 0 aromatic heterocycles. The lowest BCUT2D eigenvalue weighted by Gasteiger charge is -2.33. The predicted octanol–water partition coefficient (Wildman–Crippen LogP) is 2.68. The second-order valence-corrected chi connectivity index (χ2v) is 8.44. The maximum atomic E-state index is 13.1. The van der Waals surface area contributed by atoms with Crippen molar-refractivity contribution in [3.8, 4) is 23.0 Å². The molecule has 33 heavy (non-hydrogen) atoms. The van der Waals surface area contributed by atoms with Crippen molar-refractivity contribution in [3.63, 3.8) is 0 Å². The van der Waals surface area contributed by atoms with Gasteiger partial charge in [-0.2, -0.15) is 0 Å². The number of benzene rings is 2. The lowest BCUT2D eigenvalue weighted by atomic mass is 9.97. The summed E-state index contributed by atoms with van der Waals surface area (Å²) in [7, 11) is 1.59. The molecule has 2 N–H and O–H groups in total. The van der Waals surface area contributed by atoms with Crippen LogP contribution < -0.4 is 24.3 Å². The van der Waals surface area contributed by atoms with Crippen LogP contribution in [-0.4, -0.2) is 62.0 Å². The zero-order valence-corrected chi connectivity index (χ0v) is 19.2. The van der Waals surface area contributed by atoms with Crippen molar-refractivity contribution in [2.75, 3.05) is 40.0 Å². The molecule has 2 aromatic carbocycles. The van der Waals surface area contributed by atoms with E-state index in [1.54, 1.807) is 56.5 Å². The standard InChI is InChI=1S/C25H32N2O6/c1-18(33-21-8-6-20(30-2)7-9-21)24(28)26-25(29,11-14-27-12-3-4-13-27)19-5-10-22-23(17-19)32-16-15-31-22/h5-10,17-18,29H,3-4,11-16H2,1-2H3,(H,26,28). The number of rotatable bonds is 9. The summed E-state index contributed by atoms with van der Waals surface area (Å²) >= 11 is 0. The van der Waals surface area contributed by atoms with Gasteiger partial charge in [-0.25, -0.2) is 0 Å². The smallest absolute Gasteiger partial charge is 0.263 e. The van der Waals surface area contributed by atoms with E-state index in [1.165, 1.54) is 0 Å². The highest BCUT2D eigenvalue weighted by Gasteiger charge is 2.35. The van der Waals surface area contributed by atoms with Crippen LogP contribution in [0, 0.1) is 0 Å². The Morgan fingerprint density at radius 1 is 1.09 bits per heavy atom. The fourth-order valence-corrected chi connectivity index (χ4v) is 4.12. The van der Waals surface area contributed by atoms with E-state index in [0.29, 0.717) is 54.7 Å². The maximum Gasteiger partial charge on any atom is 0.263 e. The first-order chi connectivity index (χ1) is 16.0. The minimum Gasteiger partial charge on any atom is -0.497 e. The van der Waals surface area contributed by atoms with Crippen molar-refractivity contribution in [3.05, 3.63) is 48.0 Å². The van der Waals surface area contributed by atoms with Crippen LogP contribution in [0.4, 0.5) is 0 Å². The Morgan fingerprint density at radius 2 is 1.76 bits per heavy atom. The number of nitrogens with one attached hydrogen (secondary N) is 1. The average molecular weight is 457 g/mol. The number of amides is 1. The lowest BCUT2D eigenvalue weighted by molar-refractivity contribution is -0.136. The van der Waals surface area contributed by atoms with Gasteiger partial charge in [-0.15, -0.1) is 0 Å². The van der Waals surface area contributed by atoms with E-state index in [0.717, 1.165) is 25.9 Å². The van der Waals surface area contributed by atoms with Crippen LogP contribution in [0.1, 0.15) is 31.7 Å². The van der Waals surface area contributed by atoms with E-state index in [1.807, 2.05) is 0 Å². The Hall–Kier alpha value is -2.97. The van der Waals surface area contributed by atoms with E-state index in [9.17, 15) is 9.90 Å². The lowest BCUT2D eigenvalue weighted by Crippen LogP contribution is -2.51. The molecule has 0 saturated carbocycles. The molecule has 8 nitrogen and oxygen atoms in total. The molecule has 2 atom stereocenters. The molecule has 4 rings (SSSR count). The monoisotopic (exact) mass is 456 g/mol. The van der Waals surface area contributed by atoms with Gasteiger partial charge in [-0.3, -0.25) is 4.79 Å². The second-order valence-electron chi connectivity index (χ2n) is 8.44. The topological polar surface area (TPSA) is 89.5 Å². The van der Waals surface area contributed by atoms with E-state index >= 15 is 0 Å². The molecule has 2 unspecified atom stereocenters. The van der Waals surface area contributed by atoms with Gasteiger partial charge in [0, 0.05) is 18.5 Å². The van der Waals surface area contributed by atoms with Gasteiger partial charge in [-0.05, 0) is 69.3 Å². The number of likely N-dealkylation sites (tertiary alicyclic amines) is 1. The Morgan fingerprint density at radius 3 is 2.45 bits per heavy atom. The van der Waals surface area contributed by atoms with Gasteiger partial charge in [0.25, 0.3) is 5.91 Å². The number of carbonyl (C=O) groups is 1. The van der Waals surface area contributed by atoms with Crippen molar-refractivity contribution in [2.24, 2.45) is 0 Å². The highest BCUT2D eigenvalue weighted by Crippen LogP contribution is 2.35. The van der Waals surface area contributed by atoms with Crippen LogP contribution in [-0.2, 0) is 10.5 Å².